The number of halogens is 2. The van der Waals surface area contributed by atoms with Crippen molar-refractivity contribution in [1.82, 2.24) is 0 Å². The molecule has 3 aromatic carbocycles. The molecule has 0 nitrogen and oxygen atoms in total. The predicted octanol–water partition coefficient (Wildman–Crippen LogP) is 6.54. The maximum atomic E-state index is 2.44. The highest BCUT2D eigenvalue weighted by molar-refractivity contribution is 14.1. The fourth-order valence-electron chi connectivity index (χ4n) is 2.33. The van der Waals surface area contributed by atoms with Gasteiger partial charge in [-0.1, -0.05) is 60.2 Å². The summed E-state index contributed by atoms with van der Waals surface area (Å²) in [5.41, 5.74) is 6.42. The van der Waals surface area contributed by atoms with Crippen molar-refractivity contribution in [3.8, 4) is 22.3 Å². The molecule has 0 unspecified atom stereocenters. The van der Waals surface area contributed by atoms with Gasteiger partial charge in [0.2, 0.25) is 0 Å². The molecule has 0 aliphatic rings. The molecule has 2 heteroatoms. The smallest absolute Gasteiger partial charge is 0.0342 e. The zero-order valence-electron chi connectivity index (χ0n) is 11.6. The Kier molecular flexibility index (Phi) is 4.64. The van der Waals surface area contributed by atoms with E-state index in [1.54, 1.807) is 0 Å². The molecule has 0 saturated heterocycles. The van der Waals surface area contributed by atoms with E-state index in [9.17, 15) is 0 Å². The quantitative estimate of drug-likeness (QED) is 0.354. The summed E-state index contributed by atoms with van der Waals surface area (Å²) >= 11 is 4.87. The van der Waals surface area contributed by atoms with E-state index in [0.29, 0.717) is 0 Å². The van der Waals surface area contributed by atoms with Crippen LogP contribution in [0.2, 0.25) is 0 Å². The molecule has 0 aliphatic heterocycles. The third-order valence-corrected chi connectivity index (χ3v) is 6.54. The fourth-order valence-corrected chi connectivity index (χ4v) is 3.58. The highest BCUT2D eigenvalue weighted by Crippen LogP contribution is 2.34. The van der Waals surface area contributed by atoms with Gasteiger partial charge in [-0.15, -0.1) is 0 Å². The number of benzene rings is 3. The largest absolute Gasteiger partial charge is 0.0622 e. The Morgan fingerprint density at radius 3 is 2.00 bits per heavy atom. The molecular weight excluding hydrogens is 482 g/mol. The molecule has 0 heterocycles. The molecule has 0 atom stereocenters. The molecule has 3 rings (SSSR count). The lowest BCUT2D eigenvalue weighted by molar-refractivity contribution is 1.46. The van der Waals surface area contributed by atoms with Crippen LogP contribution < -0.4 is 0 Å². The van der Waals surface area contributed by atoms with Gasteiger partial charge < -0.3 is 0 Å². The van der Waals surface area contributed by atoms with Crippen molar-refractivity contribution in [3.63, 3.8) is 0 Å². The third-order valence-electron chi connectivity index (χ3n) is 3.50. The maximum Gasteiger partial charge on any atom is 0.0342 e. The number of hydrogen-bond acceptors (Lipinski definition) is 0. The summed E-state index contributed by atoms with van der Waals surface area (Å²) in [7, 11) is 0. The number of aryl methyl sites for hydroxylation is 1. The first kappa shape index (κ1) is 15.0. The van der Waals surface area contributed by atoms with Gasteiger partial charge >= 0.3 is 0 Å². The fraction of sp³-hybridized carbons (Fsp3) is 0.0526. The van der Waals surface area contributed by atoms with Crippen LogP contribution in [0.4, 0.5) is 0 Å². The lowest BCUT2D eigenvalue weighted by Gasteiger charge is -2.11. The van der Waals surface area contributed by atoms with Crippen LogP contribution in [0, 0.1) is 14.1 Å². The Morgan fingerprint density at radius 2 is 1.33 bits per heavy atom. The molecule has 0 radical (unpaired) electrons. The second-order valence-electron chi connectivity index (χ2n) is 5.05. The van der Waals surface area contributed by atoms with E-state index in [0.717, 1.165) is 0 Å². The molecule has 0 saturated carbocycles. The van der Waals surface area contributed by atoms with Crippen molar-refractivity contribution < 1.29 is 0 Å². The Bertz CT molecular complexity index is 760. The summed E-state index contributed by atoms with van der Waals surface area (Å²) < 4.78 is 2.61. The first-order chi connectivity index (χ1) is 10.1. The molecule has 21 heavy (non-hydrogen) atoms. The molecule has 0 aliphatic carbocycles. The molecule has 0 spiro atoms. The monoisotopic (exact) mass is 496 g/mol. The van der Waals surface area contributed by atoms with Crippen LogP contribution in [0.5, 0.6) is 0 Å². The van der Waals surface area contributed by atoms with Gasteiger partial charge in [0.15, 0.2) is 0 Å². The molecular formula is C19H14I2. The highest BCUT2D eigenvalue weighted by atomic mass is 127. The van der Waals surface area contributed by atoms with Crippen LogP contribution in [0.3, 0.4) is 0 Å². The van der Waals surface area contributed by atoms with E-state index in [4.69, 9.17) is 0 Å². The van der Waals surface area contributed by atoms with Crippen LogP contribution in [0.1, 0.15) is 5.56 Å². The summed E-state index contributed by atoms with van der Waals surface area (Å²) in [6.07, 6.45) is 0. The minimum atomic E-state index is 1.27. The normalized spacial score (nSPS) is 10.6. The zero-order valence-corrected chi connectivity index (χ0v) is 15.9. The Hall–Kier alpha value is -0.880. The number of rotatable bonds is 2. The van der Waals surface area contributed by atoms with Gasteiger partial charge in [0.25, 0.3) is 0 Å². The van der Waals surface area contributed by atoms with Crippen molar-refractivity contribution in [3.05, 3.63) is 79.4 Å². The van der Waals surface area contributed by atoms with Crippen LogP contribution in [-0.4, -0.2) is 0 Å². The number of hydrogen-bond donors (Lipinski definition) is 0. The van der Waals surface area contributed by atoms with Crippen LogP contribution >= 0.6 is 45.2 Å². The molecule has 0 amide bonds. The average Bonchev–Trinajstić information content (AvgIpc) is 2.51. The zero-order chi connectivity index (χ0) is 14.8. The molecule has 0 N–H and O–H groups in total. The van der Waals surface area contributed by atoms with Gasteiger partial charge in [0, 0.05) is 7.14 Å². The highest BCUT2D eigenvalue weighted by Gasteiger charge is 2.10. The van der Waals surface area contributed by atoms with Crippen molar-refractivity contribution in [1.29, 1.82) is 0 Å². The molecule has 0 bridgehead atoms. The molecule has 3 aromatic rings. The van der Waals surface area contributed by atoms with Crippen LogP contribution in [-0.2, 0) is 0 Å². The van der Waals surface area contributed by atoms with Gasteiger partial charge in [0.05, 0.1) is 0 Å². The van der Waals surface area contributed by atoms with Crippen molar-refractivity contribution >= 4 is 45.2 Å². The minimum absolute atomic E-state index is 1.27. The summed E-state index contributed by atoms with van der Waals surface area (Å²) in [6, 6.07) is 23.9. The average molecular weight is 496 g/mol. The molecule has 0 aromatic heterocycles. The van der Waals surface area contributed by atoms with Gasteiger partial charge in [-0.05, 0) is 86.5 Å². The first-order valence-corrected chi connectivity index (χ1v) is 8.92. The topological polar surface area (TPSA) is 0 Å². The summed E-state index contributed by atoms with van der Waals surface area (Å²) in [4.78, 5) is 0. The SMILES string of the molecule is Cc1ccc(-c2cc(I)c(I)c(-c3ccccc3)c2)cc1. The van der Waals surface area contributed by atoms with Crippen molar-refractivity contribution in [2.45, 2.75) is 6.92 Å². The van der Waals surface area contributed by atoms with Crippen molar-refractivity contribution in [2.75, 3.05) is 0 Å². The molecule has 0 fully saturated rings. The van der Waals surface area contributed by atoms with E-state index in [1.165, 1.54) is 35.0 Å². The second-order valence-corrected chi connectivity index (χ2v) is 7.29. The van der Waals surface area contributed by atoms with Crippen molar-refractivity contribution in [2.24, 2.45) is 0 Å². The standard InChI is InChI=1S/C19H14I2/c1-13-7-9-14(10-8-13)16-11-17(19(21)18(20)12-16)15-5-3-2-4-6-15/h2-12H,1H3. The van der Waals surface area contributed by atoms with E-state index in [2.05, 4.69) is 119 Å². The Balaban J connectivity index is 2.16. The Labute approximate surface area is 152 Å². The van der Waals surface area contributed by atoms with Gasteiger partial charge in [0.1, 0.15) is 0 Å². The maximum absolute atomic E-state index is 2.44. The minimum Gasteiger partial charge on any atom is -0.0622 e. The van der Waals surface area contributed by atoms with E-state index in [-0.39, 0.29) is 0 Å². The predicted molar refractivity (Wildman–Crippen MR) is 107 cm³/mol. The van der Waals surface area contributed by atoms with E-state index < -0.39 is 0 Å². The second kappa shape index (κ2) is 6.48. The summed E-state index contributed by atoms with van der Waals surface area (Å²) in [5, 5.41) is 0. The lowest BCUT2D eigenvalue weighted by atomic mass is 9.98. The third kappa shape index (κ3) is 3.31. The van der Waals surface area contributed by atoms with Crippen LogP contribution in [0.15, 0.2) is 66.7 Å². The van der Waals surface area contributed by atoms with Gasteiger partial charge in [-0.25, -0.2) is 0 Å². The Morgan fingerprint density at radius 1 is 0.667 bits per heavy atom. The van der Waals surface area contributed by atoms with Gasteiger partial charge in [-0.2, -0.15) is 0 Å². The van der Waals surface area contributed by atoms with Crippen LogP contribution in [0.25, 0.3) is 22.3 Å². The summed E-state index contributed by atoms with van der Waals surface area (Å²) in [5.74, 6) is 0. The van der Waals surface area contributed by atoms with E-state index in [1.807, 2.05) is 0 Å². The van der Waals surface area contributed by atoms with E-state index >= 15 is 0 Å². The van der Waals surface area contributed by atoms with Gasteiger partial charge in [-0.3, -0.25) is 0 Å². The first-order valence-electron chi connectivity index (χ1n) is 6.76. The summed E-state index contributed by atoms with van der Waals surface area (Å²) in [6.45, 7) is 2.12. The molecule has 104 valence electrons. The lowest BCUT2D eigenvalue weighted by Crippen LogP contribution is -1.90.